The van der Waals surface area contributed by atoms with E-state index in [4.69, 9.17) is 0 Å². The van der Waals surface area contributed by atoms with E-state index < -0.39 is 10.0 Å². The molecule has 6 heteroatoms. The van der Waals surface area contributed by atoms with Crippen molar-refractivity contribution in [2.75, 3.05) is 23.1 Å². The van der Waals surface area contributed by atoms with Gasteiger partial charge in [-0.05, 0) is 37.5 Å². The summed E-state index contributed by atoms with van der Waals surface area (Å²) in [5.41, 5.74) is 1.76. The van der Waals surface area contributed by atoms with Gasteiger partial charge in [0.2, 0.25) is 10.0 Å². The number of aliphatic hydroxyl groups is 1. The van der Waals surface area contributed by atoms with Crippen molar-refractivity contribution >= 4 is 15.7 Å². The van der Waals surface area contributed by atoms with Crippen LogP contribution in [0.2, 0.25) is 0 Å². The summed E-state index contributed by atoms with van der Waals surface area (Å²) >= 11 is 0. The van der Waals surface area contributed by atoms with E-state index in [0.717, 1.165) is 24.1 Å². The van der Waals surface area contributed by atoms with E-state index in [-0.39, 0.29) is 17.9 Å². The lowest BCUT2D eigenvalue weighted by Crippen LogP contribution is -2.29. The molecule has 1 fully saturated rings. The van der Waals surface area contributed by atoms with Crippen LogP contribution in [0.15, 0.2) is 24.3 Å². The molecule has 1 heterocycles. The van der Waals surface area contributed by atoms with Crippen LogP contribution in [0.5, 0.6) is 0 Å². The van der Waals surface area contributed by atoms with Crippen molar-refractivity contribution in [1.29, 1.82) is 0 Å². The van der Waals surface area contributed by atoms with Gasteiger partial charge in [-0.2, -0.15) is 0 Å². The molecule has 0 radical (unpaired) electrons. The number of benzene rings is 1. The second-order valence-corrected chi connectivity index (χ2v) is 7.92. The van der Waals surface area contributed by atoms with E-state index in [1.165, 1.54) is 4.31 Å². The van der Waals surface area contributed by atoms with Gasteiger partial charge in [0.1, 0.15) is 0 Å². The smallest absolute Gasteiger partial charge is 0.235 e. The van der Waals surface area contributed by atoms with Gasteiger partial charge in [0.25, 0.3) is 0 Å². The first kappa shape index (κ1) is 17.2. The third-order valence-electron chi connectivity index (χ3n) is 4.04. The predicted octanol–water partition coefficient (Wildman–Crippen LogP) is 2.04. The normalized spacial score (nSPS) is 20.0. The highest BCUT2D eigenvalue weighted by molar-refractivity contribution is 7.93. The first-order valence-electron chi connectivity index (χ1n) is 7.96. The number of rotatable bonds is 7. The minimum absolute atomic E-state index is 0.0664. The van der Waals surface area contributed by atoms with Gasteiger partial charge in [-0.15, -0.1) is 0 Å². The molecule has 1 aliphatic rings. The van der Waals surface area contributed by atoms with Gasteiger partial charge < -0.3 is 10.4 Å². The quantitative estimate of drug-likeness (QED) is 0.804. The fraction of sp³-hybridized carbons (Fsp3) is 0.625. The number of anilines is 1. The van der Waals surface area contributed by atoms with Crippen molar-refractivity contribution in [2.45, 2.75) is 45.3 Å². The van der Waals surface area contributed by atoms with E-state index in [0.29, 0.717) is 19.5 Å². The average Bonchev–Trinajstić information content (AvgIpc) is 2.84. The molecular weight excluding hydrogens is 300 g/mol. The van der Waals surface area contributed by atoms with Gasteiger partial charge in [0.15, 0.2) is 0 Å². The highest BCUT2D eigenvalue weighted by Crippen LogP contribution is 2.26. The van der Waals surface area contributed by atoms with Gasteiger partial charge in [-0.3, -0.25) is 4.31 Å². The molecule has 124 valence electrons. The third-order valence-corrected chi connectivity index (χ3v) is 5.91. The van der Waals surface area contributed by atoms with Crippen molar-refractivity contribution in [3.63, 3.8) is 0 Å². The van der Waals surface area contributed by atoms with Crippen LogP contribution in [0, 0.1) is 0 Å². The second kappa shape index (κ2) is 7.44. The fourth-order valence-electron chi connectivity index (χ4n) is 2.74. The Kier molecular flexibility index (Phi) is 5.83. The standard InChI is InChI=1S/C16H26N2O3S/c1-3-6-16(19)12-17-13(2)14-7-4-8-15(11-14)18-9-5-10-22(18,20)21/h4,7-8,11,13,16-17,19H,3,5-6,9-10,12H2,1-2H3. The Bertz CT molecular complexity index is 589. The van der Waals surface area contributed by atoms with Crippen molar-refractivity contribution in [2.24, 2.45) is 0 Å². The summed E-state index contributed by atoms with van der Waals surface area (Å²) in [6.07, 6.45) is 2.09. The Morgan fingerprint density at radius 3 is 2.82 bits per heavy atom. The largest absolute Gasteiger partial charge is 0.392 e. The van der Waals surface area contributed by atoms with E-state index in [2.05, 4.69) is 5.32 Å². The van der Waals surface area contributed by atoms with E-state index in [1.54, 1.807) is 0 Å². The summed E-state index contributed by atoms with van der Waals surface area (Å²) in [5.74, 6) is 0.230. The van der Waals surface area contributed by atoms with Gasteiger partial charge in [-0.25, -0.2) is 8.42 Å². The van der Waals surface area contributed by atoms with Crippen LogP contribution in [0.25, 0.3) is 0 Å². The summed E-state index contributed by atoms with van der Waals surface area (Å²) in [4.78, 5) is 0. The van der Waals surface area contributed by atoms with Crippen LogP contribution in [0.3, 0.4) is 0 Å². The van der Waals surface area contributed by atoms with Crippen LogP contribution in [0.1, 0.15) is 44.7 Å². The molecule has 0 spiro atoms. The summed E-state index contributed by atoms with van der Waals surface area (Å²) in [6.45, 7) is 5.17. The maximum Gasteiger partial charge on any atom is 0.235 e. The zero-order valence-electron chi connectivity index (χ0n) is 13.3. The summed E-state index contributed by atoms with van der Waals surface area (Å²) in [7, 11) is -3.14. The lowest BCUT2D eigenvalue weighted by atomic mass is 10.1. The summed E-state index contributed by atoms with van der Waals surface area (Å²) in [5, 5.41) is 13.1. The van der Waals surface area contributed by atoms with E-state index in [1.807, 2.05) is 38.1 Å². The fourth-order valence-corrected chi connectivity index (χ4v) is 4.30. The Labute approximate surface area is 133 Å². The molecule has 1 aromatic carbocycles. The van der Waals surface area contributed by atoms with Gasteiger partial charge in [0.05, 0.1) is 17.5 Å². The molecule has 0 bridgehead atoms. The minimum atomic E-state index is -3.14. The highest BCUT2D eigenvalue weighted by Gasteiger charge is 2.28. The molecule has 2 unspecified atom stereocenters. The Morgan fingerprint density at radius 1 is 1.41 bits per heavy atom. The third kappa shape index (κ3) is 4.21. The van der Waals surface area contributed by atoms with Crippen molar-refractivity contribution < 1.29 is 13.5 Å². The maximum atomic E-state index is 12.0. The minimum Gasteiger partial charge on any atom is -0.392 e. The summed E-state index contributed by atoms with van der Waals surface area (Å²) < 4.78 is 25.5. The molecule has 0 aliphatic carbocycles. The molecule has 2 atom stereocenters. The lowest BCUT2D eigenvalue weighted by Gasteiger charge is -2.21. The van der Waals surface area contributed by atoms with Crippen LogP contribution in [-0.4, -0.2) is 38.5 Å². The van der Waals surface area contributed by atoms with Crippen molar-refractivity contribution in [3.8, 4) is 0 Å². The molecule has 22 heavy (non-hydrogen) atoms. The molecular formula is C16H26N2O3S. The Balaban J connectivity index is 2.05. The molecule has 2 rings (SSSR count). The first-order chi connectivity index (χ1) is 10.4. The molecule has 2 N–H and O–H groups in total. The predicted molar refractivity (Wildman–Crippen MR) is 89.5 cm³/mol. The Morgan fingerprint density at radius 2 is 2.18 bits per heavy atom. The maximum absolute atomic E-state index is 12.0. The SMILES string of the molecule is CCCC(O)CNC(C)c1cccc(N2CCCS2(=O)=O)c1. The van der Waals surface area contributed by atoms with Crippen LogP contribution < -0.4 is 9.62 Å². The molecule has 0 amide bonds. The zero-order valence-corrected chi connectivity index (χ0v) is 14.1. The Hall–Kier alpha value is -1.11. The van der Waals surface area contributed by atoms with Crippen molar-refractivity contribution in [1.82, 2.24) is 5.32 Å². The first-order valence-corrected chi connectivity index (χ1v) is 9.57. The zero-order chi connectivity index (χ0) is 16.2. The van der Waals surface area contributed by atoms with Crippen molar-refractivity contribution in [3.05, 3.63) is 29.8 Å². The van der Waals surface area contributed by atoms with Gasteiger partial charge >= 0.3 is 0 Å². The molecule has 1 aliphatic heterocycles. The number of aliphatic hydroxyl groups excluding tert-OH is 1. The number of nitrogens with one attached hydrogen (secondary N) is 1. The second-order valence-electron chi connectivity index (χ2n) is 5.91. The molecule has 1 saturated heterocycles. The number of nitrogens with zero attached hydrogens (tertiary/aromatic N) is 1. The number of sulfonamides is 1. The van der Waals surface area contributed by atoms with Crippen LogP contribution >= 0.6 is 0 Å². The van der Waals surface area contributed by atoms with Gasteiger partial charge in [-0.1, -0.05) is 25.5 Å². The number of hydrogen-bond donors (Lipinski definition) is 2. The molecule has 0 aromatic heterocycles. The molecule has 5 nitrogen and oxygen atoms in total. The van der Waals surface area contributed by atoms with E-state index >= 15 is 0 Å². The topological polar surface area (TPSA) is 69.6 Å². The highest BCUT2D eigenvalue weighted by atomic mass is 32.2. The van der Waals surface area contributed by atoms with E-state index in [9.17, 15) is 13.5 Å². The molecule has 0 saturated carbocycles. The molecule has 1 aromatic rings. The van der Waals surface area contributed by atoms with Crippen LogP contribution in [-0.2, 0) is 10.0 Å². The summed E-state index contributed by atoms with van der Waals surface area (Å²) in [6, 6.07) is 7.70. The monoisotopic (exact) mass is 326 g/mol. The average molecular weight is 326 g/mol. The van der Waals surface area contributed by atoms with Crippen LogP contribution in [0.4, 0.5) is 5.69 Å². The van der Waals surface area contributed by atoms with Gasteiger partial charge in [0, 0.05) is 19.1 Å². The number of hydrogen-bond acceptors (Lipinski definition) is 4. The lowest BCUT2D eigenvalue weighted by molar-refractivity contribution is 0.157.